The van der Waals surface area contributed by atoms with Gasteiger partial charge in [-0.3, -0.25) is 9.59 Å². The molecule has 23 heavy (non-hydrogen) atoms. The maximum absolute atomic E-state index is 12.2. The van der Waals surface area contributed by atoms with Crippen LogP contribution in [0.3, 0.4) is 0 Å². The Kier molecular flexibility index (Phi) is 5.52. The van der Waals surface area contributed by atoms with E-state index in [1.807, 2.05) is 60.7 Å². The van der Waals surface area contributed by atoms with Gasteiger partial charge in [0.1, 0.15) is 6.54 Å². The third-order valence-electron chi connectivity index (χ3n) is 3.75. The smallest absolute Gasteiger partial charge is 0.241 e. The van der Waals surface area contributed by atoms with Gasteiger partial charge in [0.15, 0.2) is 0 Å². The molecule has 0 atom stereocenters. The van der Waals surface area contributed by atoms with Crippen molar-refractivity contribution in [3.63, 3.8) is 0 Å². The molecule has 2 aromatic carbocycles. The Morgan fingerprint density at radius 1 is 0.870 bits per heavy atom. The van der Waals surface area contributed by atoms with Gasteiger partial charge >= 0.3 is 0 Å². The summed E-state index contributed by atoms with van der Waals surface area (Å²) in [6, 6.07) is 19.3. The van der Waals surface area contributed by atoms with Crippen LogP contribution in [0.2, 0.25) is 0 Å². The van der Waals surface area contributed by atoms with E-state index >= 15 is 0 Å². The van der Waals surface area contributed by atoms with Crippen LogP contribution in [-0.2, 0) is 9.59 Å². The lowest BCUT2D eigenvalue weighted by atomic mass is 9.97. The zero-order valence-electron chi connectivity index (χ0n) is 13.8. The van der Waals surface area contributed by atoms with Gasteiger partial charge in [-0.05, 0) is 11.1 Å². The first kappa shape index (κ1) is 16.7. The summed E-state index contributed by atoms with van der Waals surface area (Å²) < 4.78 is 0. The Morgan fingerprint density at radius 2 is 1.30 bits per heavy atom. The highest BCUT2D eigenvalue weighted by Crippen LogP contribution is 2.28. The largest absolute Gasteiger partial charge is 0.347 e. The Balaban J connectivity index is 2.46. The van der Waals surface area contributed by atoms with Gasteiger partial charge in [-0.1, -0.05) is 60.7 Å². The number of carbonyl (C=O) groups excluding carboxylic acids is 2. The highest BCUT2D eigenvalue weighted by molar-refractivity contribution is 5.84. The minimum Gasteiger partial charge on any atom is -0.347 e. The standard InChI is InChI=1S/C19H22N2O2/c1-15(22)21(14-18(23)20(2)3)19(16-10-6-4-7-11-16)17-12-8-5-9-13-17/h4-13,19H,14H2,1-3H3. The van der Waals surface area contributed by atoms with Crippen LogP contribution < -0.4 is 0 Å². The Bertz CT molecular complexity index is 614. The average Bonchev–Trinajstić information content (AvgIpc) is 2.56. The van der Waals surface area contributed by atoms with Gasteiger partial charge in [0.05, 0.1) is 6.04 Å². The molecule has 0 fully saturated rings. The minimum atomic E-state index is -0.279. The summed E-state index contributed by atoms with van der Waals surface area (Å²) in [7, 11) is 3.39. The van der Waals surface area contributed by atoms with E-state index < -0.39 is 0 Å². The van der Waals surface area contributed by atoms with Crippen LogP contribution in [0.5, 0.6) is 0 Å². The number of amides is 2. The van der Waals surface area contributed by atoms with E-state index in [1.165, 1.54) is 11.8 Å². The lowest BCUT2D eigenvalue weighted by Crippen LogP contribution is -2.41. The second-order valence-corrected chi connectivity index (χ2v) is 5.66. The van der Waals surface area contributed by atoms with Gasteiger partial charge < -0.3 is 9.80 Å². The van der Waals surface area contributed by atoms with Gasteiger partial charge in [0.25, 0.3) is 0 Å². The van der Waals surface area contributed by atoms with Crippen molar-refractivity contribution in [1.82, 2.24) is 9.80 Å². The van der Waals surface area contributed by atoms with Crippen LogP contribution in [0.25, 0.3) is 0 Å². The van der Waals surface area contributed by atoms with Crippen molar-refractivity contribution in [2.75, 3.05) is 20.6 Å². The zero-order chi connectivity index (χ0) is 16.8. The van der Waals surface area contributed by atoms with E-state index in [0.717, 1.165) is 11.1 Å². The van der Waals surface area contributed by atoms with Gasteiger partial charge in [-0.15, -0.1) is 0 Å². The van der Waals surface area contributed by atoms with Crippen LogP contribution in [0.1, 0.15) is 24.1 Å². The molecular weight excluding hydrogens is 288 g/mol. The molecule has 0 radical (unpaired) electrons. The molecule has 120 valence electrons. The minimum absolute atomic E-state index is 0.0524. The molecule has 0 heterocycles. The highest BCUT2D eigenvalue weighted by Gasteiger charge is 2.26. The molecule has 0 aliphatic carbocycles. The lowest BCUT2D eigenvalue weighted by molar-refractivity contribution is -0.139. The van der Waals surface area contributed by atoms with Crippen LogP contribution in [0, 0.1) is 0 Å². The second kappa shape index (κ2) is 7.58. The molecule has 4 nitrogen and oxygen atoms in total. The van der Waals surface area contributed by atoms with E-state index in [9.17, 15) is 9.59 Å². The SMILES string of the molecule is CC(=O)N(CC(=O)N(C)C)C(c1ccccc1)c1ccccc1. The molecule has 2 aromatic rings. The number of hydrogen-bond donors (Lipinski definition) is 0. The lowest BCUT2D eigenvalue weighted by Gasteiger charge is -2.32. The van der Waals surface area contributed by atoms with Crippen molar-refractivity contribution in [3.05, 3.63) is 71.8 Å². The summed E-state index contributed by atoms with van der Waals surface area (Å²) in [5.74, 6) is -0.227. The quantitative estimate of drug-likeness (QED) is 0.852. The Morgan fingerprint density at radius 3 is 1.65 bits per heavy atom. The normalized spacial score (nSPS) is 10.4. The monoisotopic (exact) mass is 310 g/mol. The summed E-state index contributed by atoms with van der Waals surface area (Å²) in [6.45, 7) is 1.55. The first-order valence-corrected chi connectivity index (χ1v) is 7.58. The molecule has 0 saturated heterocycles. The summed E-state index contributed by atoms with van der Waals surface area (Å²) in [5, 5.41) is 0. The summed E-state index contributed by atoms with van der Waals surface area (Å²) in [4.78, 5) is 27.5. The number of nitrogens with zero attached hydrogens (tertiary/aromatic N) is 2. The van der Waals surface area contributed by atoms with Crippen molar-refractivity contribution in [2.45, 2.75) is 13.0 Å². The number of benzene rings is 2. The zero-order valence-corrected chi connectivity index (χ0v) is 13.8. The van der Waals surface area contributed by atoms with Crippen LogP contribution >= 0.6 is 0 Å². The van der Waals surface area contributed by atoms with Crippen molar-refractivity contribution in [2.24, 2.45) is 0 Å². The molecule has 0 saturated carbocycles. The predicted octanol–water partition coefficient (Wildman–Crippen LogP) is 2.71. The molecule has 2 amide bonds. The van der Waals surface area contributed by atoms with Crippen molar-refractivity contribution < 1.29 is 9.59 Å². The fraction of sp³-hybridized carbons (Fsp3) is 0.263. The van der Waals surface area contributed by atoms with Gasteiger partial charge in [0, 0.05) is 21.0 Å². The summed E-state index contributed by atoms with van der Waals surface area (Å²) in [5.41, 5.74) is 1.97. The molecule has 0 spiro atoms. The number of hydrogen-bond acceptors (Lipinski definition) is 2. The topological polar surface area (TPSA) is 40.6 Å². The number of carbonyl (C=O) groups is 2. The Hall–Kier alpha value is -2.62. The molecule has 0 aliphatic rings. The van der Waals surface area contributed by atoms with E-state index in [2.05, 4.69) is 0 Å². The van der Waals surface area contributed by atoms with E-state index in [-0.39, 0.29) is 24.4 Å². The molecule has 2 rings (SSSR count). The van der Waals surface area contributed by atoms with Crippen LogP contribution in [0.4, 0.5) is 0 Å². The fourth-order valence-corrected chi connectivity index (χ4v) is 2.49. The molecular formula is C19H22N2O2. The van der Waals surface area contributed by atoms with Crippen LogP contribution in [-0.4, -0.2) is 42.3 Å². The van der Waals surface area contributed by atoms with Crippen molar-refractivity contribution in [3.8, 4) is 0 Å². The first-order chi connectivity index (χ1) is 11.0. The third kappa shape index (κ3) is 4.19. The van der Waals surface area contributed by atoms with E-state index in [4.69, 9.17) is 0 Å². The maximum Gasteiger partial charge on any atom is 0.241 e. The molecule has 0 bridgehead atoms. The molecule has 0 aliphatic heterocycles. The van der Waals surface area contributed by atoms with E-state index in [1.54, 1.807) is 19.0 Å². The van der Waals surface area contributed by atoms with Gasteiger partial charge in [-0.2, -0.15) is 0 Å². The van der Waals surface area contributed by atoms with Crippen molar-refractivity contribution in [1.29, 1.82) is 0 Å². The van der Waals surface area contributed by atoms with Gasteiger partial charge in [-0.25, -0.2) is 0 Å². The maximum atomic E-state index is 12.2. The summed E-state index contributed by atoms with van der Waals surface area (Å²) >= 11 is 0. The van der Waals surface area contributed by atoms with E-state index in [0.29, 0.717) is 0 Å². The fourth-order valence-electron chi connectivity index (χ4n) is 2.49. The Labute approximate surface area is 137 Å². The van der Waals surface area contributed by atoms with Crippen LogP contribution in [0.15, 0.2) is 60.7 Å². The predicted molar refractivity (Wildman–Crippen MR) is 90.8 cm³/mol. The number of likely N-dealkylation sites (N-methyl/N-ethyl adjacent to an activating group) is 1. The highest BCUT2D eigenvalue weighted by atomic mass is 16.2. The molecule has 0 unspecified atom stereocenters. The average molecular weight is 310 g/mol. The number of rotatable bonds is 5. The van der Waals surface area contributed by atoms with Gasteiger partial charge in [0.2, 0.25) is 11.8 Å². The molecule has 0 aromatic heterocycles. The molecule has 0 N–H and O–H groups in total. The third-order valence-corrected chi connectivity index (χ3v) is 3.75. The second-order valence-electron chi connectivity index (χ2n) is 5.66. The summed E-state index contributed by atoms with van der Waals surface area (Å²) in [6.07, 6.45) is 0. The van der Waals surface area contributed by atoms with Crippen molar-refractivity contribution >= 4 is 11.8 Å². The first-order valence-electron chi connectivity index (χ1n) is 7.58. The molecule has 4 heteroatoms.